The molecule has 0 heterocycles. The van der Waals surface area contributed by atoms with Crippen LogP contribution < -0.4 is 16.4 Å². The molecule has 3 unspecified atom stereocenters. The number of nitrogens with two attached hydrogens (primary N) is 1. The monoisotopic (exact) mass is 267 g/mol. The highest BCUT2D eigenvalue weighted by molar-refractivity contribution is 5.81. The Kier molecular flexibility index (Phi) is 4.80. The smallest absolute Gasteiger partial charge is 0.223 e. The van der Waals surface area contributed by atoms with E-state index in [-0.39, 0.29) is 35.6 Å². The zero-order valence-corrected chi connectivity index (χ0v) is 11.7. The molecule has 108 valence electrons. The van der Waals surface area contributed by atoms with Crippen molar-refractivity contribution in [2.75, 3.05) is 13.1 Å². The summed E-state index contributed by atoms with van der Waals surface area (Å²) in [6.07, 6.45) is 4.99. The fourth-order valence-electron chi connectivity index (χ4n) is 2.76. The molecule has 2 fully saturated rings. The Hall–Kier alpha value is -1.10. The molecule has 4 N–H and O–H groups in total. The van der Waals surface area contributed by atoms with Crippen LogP contribution in [0.5, 0.6) is 0 Å². The van der Waals surface area contributed by atoms with Gasteiger partial charge in [-0.05, 0) is 31.6 Å². The van der Waals surface area contributed by atoms with Crippen molar-refractivity contribution in [2.24, 2.45) is 23.5 Å². The molecule has 3 atom stereocenters. The minimum absolute atomic E-state index is 0.0304. The average Bonchev–Trinajstić information content (AvgIpc) is 3.21. The molecule has 2 aliphatic carbocycles. The lowest BCUT2D eigenvalue weighted by Gasteiger charge is -2.32. The van der Waals surface area contributed by atoms with E-state index in [0.717, 1.165) is 32.1 Å². The van der Waals surface area contributed by atoms with Crippen molar-refractivity contribution < 1.29 is 9.59 Å². The predicted octanol–water partition coefficient (Wildman–Crippen LogP) is 0.392. The number of carbonyl (C=O) groups excluding carboxylic acids is 2. The zero-order valence-electron chi connectivity index (χ0n) is 11.7. The second-order valence-electron chi connectivity index (χ2n) is 5.92. The Morgan fingerprint density at radius 3 is 2.32 bits per heavy atom. The highest BCUT2D eigenvalue weighted by Gasteiger charge is 2.32. The van der Waals surface area contributed by atoms with Crippen molar-refractivity contribution in [3.8, 4) is 0 Å². The summed E-state index contributed by atoms with van der Waals surface area (Å²) in [4.78, 5) is 23.5. The maximum atomic E-state index is 12.1. The highest BCUT2D eigenvalue weighted by Crippen LogP contribution is 2.29. The molecule has 19 heavy (non-hydrogen) atoms. The van der Waals surface area contributed by atoms with E-state index >= 15 is 0 Å². The lowest BCUT2D eigenvalue weighted by atomic mass is 9.77. The number of rotatable bonds is 5. The van der Waals surface area contributed by atoms with Gasteiger partial charge in [-0.15, -0.1) is 0 Å². The number of nitrogens with one attached hydrogen (secondary N) is 2. The van der Waals surface area contributed by atoms with Gasteiger partial charge in [-0.2, -0.15) is 0 Å². The van der Waals surface area contributed by atoms with Crippen LogP contribution in [0.4, 0.5) is 0 Å². The molecule has 2 saturated carbocycles. The van der Waals surface area contributed by atoms with Crippen LogP contribution in [0.3, 0.4) is 0 Å². The maximum absolute atomic E-state index is 12.1. The lowest BCUT2D eigenvalue weighted by Crippen LogP contribution is -2.45. The Labute approximate surface area is 114 Å². The first-order valence-corrected chi connectivity index (χ1v) is 7.40. The fourth-order valence-corrected chi connectivity index (χ4v) is 2.76. The van der Waals surface area contributed by atoms with Crippen molar-refractivity contribution in [1.29, 1.82) is 0 Å². The van der Waals surface area contributed by atoms with Crippen LogP contribution >= 0.6 is 0 Å². The second-order valence-corrected chi connectivity index (χ2v) is 5.92. The summed E-state index contributed by atoms with van der Waals surface area (Å²) in [6, 6.07) is 0.138. The van der Waals surface area contributed by atoms with Crippen LogP contribution in [0.25, 0.3) is 0 Å². The van der Waals surface area contributed by atoms with Crippen molar-refractivity contribution >= 4 is 11.8 Å². The normalized spacial score (nSPS) is 30.7. The molecule has 0 aliphatic heterocycles. The van der Waals surface area contributed by atoms with Gasteiger partial charge in [0.2, 0.25) is 11.8 Å². The van der Waals surface area contributed by atoms with Gasteiger partial charge in [-0.1, -0.05) is 13.3 Å². The Balaban J connectivity index is 1.64. The Morgan fingerprint density at radius 1 is 1.05 bits per heavy atom. The molecule has 2 rings (SSSR count). The van der Waals surface area contributed by atoms with Gasteiger partial charge >= 0.3 is 0 Å². The first-order valence-electron chi connectivity index (χ1n) is 7.40. The fraction of sp³-hybridized carbons (Fsp3) is 0.857. The van der Waals surface area contributed by atoms with Gasteiger partial charge in [-0.25, -0.2) is 0 Å². The number of carbonyl (C=O) groups is 2. The van der Waals surface area contributed by atoms with E-state index in [4.69, 9.17) is 5.73 Å². The third-order valence-corrected chi connectivity index (χ3v) is 4.37. The molecule has 2 aliphatic rings. The van der Waals surface area contributed by atoms with Crippen LogP contribution in [0.15, 0.2) is 0 Å². The van der Waals surface area contributed by atoms with Crippen molar-refractivity contribution in [3.05, 3.63) is 0 Å². The average molecular weight is 267 g/mol. The third-order valence-electron chi connectivity index (χ3n) is 4.37. The van der Waals surface area contributed by atoms with Crippen LogP contribution in [-0.4, -0.2) is 30.9 Å². The van der Waals surface area contributed by atoms with Gasteiger partial charge in [0.25, 0.3) is 0 Å². The summed E-state index contributed by atoms with van der Waals surface area (Å²) in [7, 11) is 0. The summed E-state index contributed by atoms with van der Waals surface area (Å²) in [5.41, 5.74) is 6.00. The number of hydrogen-bond acceptors (Lipinski definition) is 3. The molecule has 5 heteroatoms. The molecular formula is C14H25N3O2. The maximum Gasteiger partial charge on any atom is 0.223 e. The Bertz CT molecular complexity index is 342. The largest absolute Gasteiger partial charge is 0.354 e. The van der Waals surface area contributed by atoms with Gasteiger partial charge < -0.3 is 16.4 Å². The first kappa shape index (κ1) is 14.3. The quantitative estimate of drug-likeness (QED) is 0.630. The summed E-state index contributed by atoms with van der Waals surface area (Å²) < 4.78 is 0. The Morgan fingerprint density at radius 2 is 1.68 bits per heavy atom. The summed E-state index contributed by atoms with van der Waals surface area (Å²) in [5.74, 6) is 0.718. The zero-order chi connectivity index (χ0) is 13.8. The number of amides is 2. The second kappa shape index (κ2) is 6.37. The third kappa shape index (κ3) is 3.93. The minimum atomic E-state index is 0.0304. The molecule has 0 aromatic carbocycles. The lowest BCUT2D eigenvalue weighted by molar-refractivity contribution is -0.128. The van der Waals surface area contributed by atoms with Crippen molar-refractivity contribution in [2.45, 2.75) is 45.1 Å². The molecular weight excluding hydrogens is 242 g/mol. The van der Waals surface area contributed by atoms with E-state index in [9.17, 15) is 9.59 Å². The van der Waals surface area contributed by atoms with Crippen LogP contribution in [-0.2, 0) is 9.59 Å². The van der Waals surface area contributed by atoms with Crippen LogP contribution in [0, 0.1) is 17.8 Å². The minimum Gasteiger partial charge on any atom is -0.354 e. The molecule has 0 aromatic rings. The van der Waals surface area contributed by atoms with Crippen molar-refractivity contribution in [1.82, 2.24) is 10.6 Å². The van der Waals surface area contributed by atoms with E-state index in [0.29, 0.717) is 13.1 Å². The van der Waals surface area contributed by atoms with Crippen LogP contribution in [0.2, 0.25) is 0 Å². The summed E-state index contributed by atoms with van der Waals surface area (Å²) >= 11 is 0. The van der Waals surface area contributed by atoms with Gasteiger partial charge in [0.15, 0.2) is 0 Å². The van der Waals surface area contributed by atoms with Gasteiger partial charge in [0.05, 0.1) is 0 Å². The highest BCUT2D eigenvalue weighted by atomic mass is 16.2. The molecule has 2 amide bonds. The molecule has 5 nitrogen and oxygen atoms in total. The molecule has 0 spiro atoms. The number of hydrogen-bond donors (Lipinski definition) is 3. The van der Waals surface area contributed by atoms with Crippen molar-refractivity contribution in [3.63, 3.8) is 0 Å². The summed E-state index contributed by atoms with van der Waals surface area (Å²) in [6.45, 7) is 3.09. The molecule has 0 bridgehead atoms. The molecule has 0 aromatic heterocycles. The standard InChI is InChI=1S/C14H25N3O2/c1-9-11(3-2-4-12(9)15)14(19)17-8-7-16-13(18)10-5-6-10/h9-12H,2-8,15H2,1H3,(H,16,18)(H,17,19). The van der Waals surface area contributed by atoms with Gasteiger partial charge in [0.1, 0.15) is 0 Å². The van der Waals surface area contributed by atoms with E-state index in [1.807, 2.05) is 0 Å². The summed E-state index contributed by atoms with van der Waals surface area (Å²) in [5, 5.41) is 5.75. The van der Waals surface area contributed by atoms with E-state index in [1.165, 1.54) is 0 Å². The topological polar surface area (TPSA) is 84.2 Å². The predicted molar refractivity (Wildman–Crippen MR) is 73.2 cm³/mol. The molecule has 0 saturated heterocycles. The van der Waals surface area contributed by atoms with Gasteiger partial charge in [-0.3, -0.25) is 9.59 Å². The van der Waals surface area contributed by atoms with E-state index in [2.05, 4.69) is 17.6 Å². The molecule has 0 radical (unpaired) electrons. The first-order chi connectivity index (χ1) is 9.09. The van der Waals surface area contributed by atoms with Crippen LogP contribution in [0.1, 0.15) is 39.0 Å². The van der Waals surface area contributed by atoms with E-state index in [1.54, 1.807) is 0 Å². The van der Waals surface area contributed by atoms with Gasteiger partial charge in [0, 0.05) is 31.0 Å². The SMILES string of the molecule is CC1C(N)CCCC1C(=O)NCCNC(=O)C1CC1. The van der Waals surface area contributed by atoms with E-state index < -0.39 is 0 Å².